The van der Waals surface area contributed by atoms with E-state index in [9.17, 15) is 0 Å². The van der Waals surface area contributed by atoms with Gasteiger partial charge in [-0.15, -0.1) is 0 Å². The Morgan fingerprint density at radius 2 is 1.22 bits per heavy atom. The summed E-state index contributed by atoms with van der Waals surface area (Å²) in [6.45, 7) is 6.03. The minimum Gasteiger partial charge on any atom is -0.497 e. The molecule has 37 heavy (non-hydrogen) atoms. The third-order valence-electron chi connectivity index (χ3n) is 6.70. The Morgan fingerprint density at radius 3 is 1.78 bits per heavy atom. The molecule has 0 N–H and O–H groups in total. The Labute approximate surface area is 218 Å². The van der Waals surface area contributed by atoms with Crippen molar-refractivity contribution in [3.8, 4) is 45.1 Å². The normalized spacial score (nSPS) is 10.9. The summed E-state index contributed by atoms with van der Waals surface area (Å²) in [4.78, 5) is 12.6. The lowest BCUT2D eigenvalue weighted by Crippen LogP contribution is -2.23. The van der Waals surface area contributed by atoms with E-state index in [1.807, 2.05) is 42.5 Å². The molecule has 1 aromatic heterocycles. The van der Waals surface area contributed by atoms with Gasteiger partial charge in [-0.05, 0) is 66.9 Å². The highest BCUT2D eigenvalue weighted by Gasteiger charge is 2.19. The molecule has 0 atom stereocenters. The van der Waals surface area contributed by atoms with E-state index < -0.39 is 0 Å². The molecule has 0 aliphatic carbocycles. The number of ether oxygens (including phenoxy) is 2. The van der Waals surface area contributed by atoms with Gasteiger partial charge in [0.1, 0.15) is 17.3 Å². The highest BCUT2D eigenvalue weighted by Crippen LogP contribution is 2.38. The average molecular weight is 490 g/mol. The van der Waals surface area contributed by atoms with Crippen LogP contribution >= 0.6 is 0 Å². The lowest BCUT2D eigenvalue weighted by Gasteiger charge is -2.23. The number of hydrogen-bond donors (Lipinski definition) is 0. The van der Waals surface area contributed by atoms with Crippen molar-refractivity contribution in [2.24, 2.45) is 0 Å². The van der Waals surface area contributed by atoms with E-state index in [0.29, 0.717) is 0 Å². The summed E-state index contributed by atoms with van der Waals surface area (Å²) in [5.74, 6) is 3.32. The van der Waals surface area contributed by atoms with Gasteiger partial charge in [0.25, 0.3) is 0 Å². The monoisotopic (exact) mass is 489 g/mol. The minimum atomic E-state index is 0.724. The number of benzene rings is 4. The maximum atomic E-state index is 5.42. The topological polar surface area (TPSA) is 47.5 Å². The number of rotatable bonds is 8. The number of fused-ring (bicyclic) bond motifs is 1. The van der Waals surface area contributed by atoms with E-state index >= 15 is 0 Å². The molecule has 5 rings (SSSR count). The zero-order valence-corrected chi connectivity index (χ0v) is 21.7. The molecule has 0 amide bonds. The molecule has 0 fully saturated rings. The van der Waals surface area contributed by atoms with Crippen LogP contribution in [0.5, 0.6) is 11.5 Å². The maximum Gasteiger partial charge on any atom is 0.162 e. The largest absolute Gasteiger partial charge is 0.497 e. The lowest BCUT2D eigenvalue weighted by molar-refractivity contribution is 0.415. The van der Waals surface area contributed by atoms with Crippen molar-refractivity contribution in [2.45, 2.75) is 13.8 Å². The van der Waals surface area contributed by atoms with Crippen LogP contribution in [0.15, 0.2) is 91.0 Å². The second kappa shape index (κ2) is 10.7. The molecule has 5 nitrogen and oxygen atoms in total. The van der Waals surface area contributed by atoms with Crippen LogP contribution < -0.4 is 14.4 Å². The standard InChI is InChI=1S/C32H31N3O2/c1-5-35(6-2)32-29-21-25(22-12-16-26(36-3)17-13-22)20-28(23-14-18-27(37-4)19-15-23)30(29)33-31(34-32)24-10-8-7-9-11-24/h7-21H,5-6H2,1-4H3. The Balaban J connectivity index is 1.83. The first kappa shape index (κ1) is 24.3. The van der Waals surface area contributed by atoms with Crippen LogP contribution in [0.2, 0.25) is 0 Å². The molecule has 0 saturated carbocycles. The van der Waals surface area contributed by atoms with Crippen molar-refractivity contribution in [2.75, 3.05) is 32.2 Å². The van der Waals surface area contributed by atoms with E-state index in [0.717, 1.165) is 75.0 Å². The summed E-state index contributed by atoms with van der Waals surface area (Å²) in [6.07, 6.45) is 0. The van der Waals surface area contributed by atoms with Crippen LogP contribution in [0.4, 0.5) is 5.82 Å². The molecular formula is C32H31N3O2. The van der Waals surface area contributed by atoms with E-state index in [1.54, 1.807) is 14.2 Å². The van der Waals surface area contributed by atoms with Crippen LogP contribution in [0.1, 0.15) is 13.8 Å². The van der Waals surface area contributed by atoms with E-state index in [1.165, 1.54) is 0 Å². The highest BCUT2D eigenvalue weighted by atomic mass is 16.5. The van der Waals surface area contributed by atoms with Gasteiger partial charge >= 0.3 is 0 Å². The number of aromatic nitrogens is 2. The molecule has 5 aromatic rings. The first-order valence-corrected chi connectivity index (χ1v) is 12.6. The highest BCUT2D eigenvalue weighted by molar-refractivity contribution is 6.03. The molecule has 1 heterocycles. The Morgan fingerprint density at radius 1 is 0.622 bits per heavy atom. The van der Waals surface area contributed by atoms with Gasteiger partial charge in [0.2, 0.25) is 0 Å². The van der Waals surface area contributed by atoms with Gasteiger partial charge < -0.3 is 14.4 Å². The van der Waals surface area contributed by atoms with Crippen LogP contribution in [0.25, 0.3) is 44.5 Å². The Hall–Kier alpha value is -4.38. The predicted octanol–water partition coefficient (Wildman–Crippen LogP) is 7.49. The molecule has 0 bridgehead atoms. The minimum absolute atomic E-state index is 0.724. The van der Waals surface area contributed by atoms with Crippen LogP contribution in [0, 0.1) is 0 Å². The van der Waals surface area contributed by atoms with Crippen molar-refractivity contribution in [1.29, 1.82) is 0 Å². The molecule has 0 spiro atoms. The summed E-state index contributed by atoms with van der Waals surface area (Å²) >= 11 is 0. The van der Waals surface area contributed by atoms with Gasteiger partial charge in [0.05, 0.1) is 19.7 Å². The molecule has 0 saturated heterocycles. The van der Waals surface area contributed by atoms with Crippen molar-refractivity contribution >= 4 is 16.7 Å². The van der Waals surface area contributed by atoms with Crippen molar-refractivity contribution in [3.05, 3.63) is 91.0 Å². The molecule has 186 valence electrons. The zero-order valence-electron chi connectivity index (χ0n) is 21.7. The van der Waals surface area contributed by atoms with Gasteiger partial charge in [0, 0.05) is 29.6 Å². The van der Waals surface area contributed by atoms with Crippen molar-refractivity contribution in [3.63, 3.8) is 0 Å². The zero-order chi connectivity index (χ0) is 25.8. The van der Waals surface area contributed by atoms with E-state index in [2.05, 4.69) is 67.3 Å². The van der Waals surface area contributed by atoms with Gasteiger partial charge in [-0.1, -0.05) is 54.6 Å². The first-order valence-electron chi connectivity index (χ1n) is 12.6. The van der Waals surface area contributed by atoms with Crippen LogP contribution in [-0.4, -0.2) is 37.3 Å². The maximum absolute atomic E-state index is 5.42. The fourth-order valence-corrected chi connectivity index (χ4v) is 4.64. The van der Waals surface area contributed by atoms with Gasteiger partial charge in [-0.25, -0.2) is 9.97 Å². The van der Waals surface area contributed by atoms with Crippen LogP contribution in [0.3, 0.4) is 0 Å². The molecule has 5 heteroatoms. The summed E-state index contributed by atoms with van der Waals surface area (Å²) in [7, 11) is 3.37. The molecule has 0 aliphatic heterocycles. The fraction of sp³-hybridized carbons (Fsp3) is 0.188. The van der Waals surface area contributed by atoms with Crippen molar-refractivity contribution < 1.29 is 9.47 Å². The van der Waals surface area contributed by atoms with Gasteiger partial charge in [0.15, 0.2) is 5.82 Å². The molecule has 0 radical (unpaired) electrons. The number of anilines is 1. The third kappa shape index (κ3) is 4.85. The summed E-state index contributed by atoms with van der Waals surface area (Å²) in [6, 6.07) is 31.0. The smallest absolute Gasteiger partial charge is 0.162 e. The summed E-state index contributed by atoms with van der Waals surface area (Å²) in [5.41, 5.74) is 6.26. The fourth-order valence-electron chi connectivity index (χ4n) is 4.64. The third-order valence-corrected chi connectivity index (χ3v) is 6.70. The molecular weight excluding hydrogens is 458 g/mol. The second-order valence-corrected chi connectivity index (χ2v) is 8.79. The van der Waals surface area contributed by atoms with Crippen LogP contribution in [-0.2, 0) is 0 Å². The lowest BCUT2D eigenvalue weighted by atomic mass is 9.95. The second-order valence-electron chi connectivity index (χ2n) is 8.79. The summed E-state index contributed by atoms with van der Waals surface area (Å²) < 4.78 is 10.8. The predicted molar refractivity (Wildman–Crippen MR) is 153 cm³/mol. The average Bonchev–Trinajstić information content (AvgIpc) is 2.97. The Kier molecular flexibility index (Phi) is 7.04. The van der Waals surface area contributed by atoms with E-state index in [4.69, 9.17) is 19.4 Å². The van der Waals surface area contributed by atoms with Gasteiger partial charge in [-0.3, -0.25) is 0 Å². The molecule has 0 unspecified atom stereocenters. The SMILES string of the molecule is CCN(CC)c1nc(-c2ccccc2)nc2c(-c3ccc(OC)cc3)cc(-c3ccc(OC)cc3)cc12. The van der Waals surface area contributed by atoms with E-state index in [-0.39, 0.29) is 0 Å². The van der Waals surface area contributed by atoms with Gasteiger partial charge in [-0.2, -0.15) is 0 Å². The van der Waals surface area contributed by atoms with Crippen molar-refractivity contribution in [1.82, 2.24) is 9.97 Å². The number of nitrogens with zero attached hydrogens (tertiary/aromatic N) is 3. The number of methoxy groups -OCH3 is 2. The summed E-state index contributed by atoms with van der Waals surface area (Å²) in [5, 5.41) is 1.03. The molecule has 4 aromatic carbocycles. The number of hydrogen-bond acceptors (Lipinski definition) is 5. The quantitative estimate of drug-likeness (QED) is 0.226. The molecule has 0 aliphatic rings. The Bertz CT molecular complexity index is 1490. The first-order chi connectivity index (χ1) is 18.1.